The van der Waals surface area contributed by atoms with Gasteiger partial charge in [-0.3, -0.25) is 4.90 Å². The molecule has 1 saturated heterocycles. The van der Waals surface area contributed by atoms with Crippen molar-refractivity contribution in [1.82, 2.24) is 9.88 Å². The first kappa shape index (κ1) is 22.1. The fourth-order valence-corrected chi connectivity index (χ4v) is 3.69. The van der Waals surface area contributed by atoms with E-state index in [0.717, 1.165) is 42.4 Å². The van der Waals surface area contributed by atoms with E-state index in [1.165, 1.54) is 12.8 Å². The molecule has 4 nitrogen and oxygen atoms in total. The lowest BCUT2D eigenvalue weighted by molar-refractivity contribution is -0.138. The Morgan fingerprint density at radius 2 is 1.75 bits per heavy atom. The molecule has 1 fully saturated rings. The van der Waals surface area contributed by atoms with E-state index in [1.54, 1.807) is 12.3 Å². The molecule has 8 heteroatoms. The number of ether oxygens (including phenoxy) is 1. The molecule has 0 bridgehead atoms. The maximum Gasteiger partial charge on any atom is 0.416 e. The summed E-state index contributed by atoms with van der Waals surface area (Å²) in [7, 11) is 0. The zero-order chi connectivity index (χ0) is 22.7. The van der Waals surface area contributed by atoms with Crippen molar-refractivity contribution in [1.29, 1.82) is 0 Å². The van der Waals surface area contributed by atoms with Gasteiger partial charge in [-0.2, -0.15) is 13.2 Å². The SMILES string of the molecule is Nc1ncc(-c2ccc([CH]N3CCCC3)cc2)cc1OCc1c(F)cccc1C(F)(F)F. The van der Waals surface area contributed by atoms with Gasteiger partial charge in [0, 0.05) is 17.3 Å². The quantitative estimate of drug-likeness (QED) is 0.498. The van der Waals surface area contributed by atoms with Gasteiger partial charge in [0.1, 0.15) is 12.4 Å². The van der Waals surface area contributed by atoms with Crippen molar-refractivity contribution in [2.24, 2.45) is 0 Å². The highest BCUT2D eigenvalue weighted by Crippen LogP contribution is 2.34. The zero-order valence-electron chi connectivity index (χ0n) is 17.2. The number of benzene rings is 2. The summed E-state index contributed by atoms with van der Waals surface area (Å²) in [6.07, 6.45) is -0.733. The van der Waals surface area contributed by atoms with Crippen molar-refractivity contribution < 1.29 is 22.3 Å². The smallest absolute Gasteiger partial charge is 0.416 e. The van der Waals surface area contributed by atoms with Crippen LogP contribution in [0.4, 0.5) is 23.4 Å². The van der Waals surface area contributed by atoms with Crippen LogP contribution in [0.1, 0.15) is 29.5 Å². The van der Waals surface area contributed by atoms with E-state index >= 15 is 0 Å². The molecule has 0 unspecified atom stereocenters. The maximum atomic E-state index is 14.1. The molecule has 3 aromatic rings. The molecule has 167 valence electrons. The van der Waals surface area contributed by atoms with Gasteiger partial charge in [0.25, 0.3) is 0 Å². The van der Waals surface area contributed by atoms with E-state index in [2.05, 4.69) is 16.4 Å². The monoisotopic (exact) mass is 444 g/mol. The van der Waals surface area contributed by atoms with Crippen LogP contribution in [-0.4, -0.2) is 23.0 Å². The van der Waals surface area contributed by atoms with Crippen molar-refractivity contribution in [2.75, 3.05) is 18.8 Å². The molecule has 1 aliphatic rings. The van der Waals surface area contributed by atoms with Gasteiger partial charge >= 0.3 is 6.18 Å². The van der Waals surface area contributed by atoms with Crippen LogP contribution in [0, 0.1) is 12.4 Å². The third kappa shape index (κ3) is 5.02. The van der Waals surface area contributed by atoms with Gasteiger partial charge in [0.05, 0.1) is 12.1 Å². The summed E-state index contributed by atoms with van der Waals surface area (Å²) < 4.78 is 59.2. The normalized spacial score (nSPS) is 14.6. The summed E-state index contributed by atoms with van der Waals surface area (Å²) in [6, 6.07) is 12.2. The average molecular weight is 444 g/mol. The molecular formula is C24H22F4N3O. The summed E-state index contributed by atoms with van der Waals surface area (Å²) in [5, 5.41) is 0. The maximum absolute atomic E-state index is 14.1. The fourth-order valence-electron chi connectivity index (χ4n) is 3.69. The van der Waals surface area contributed by atoms with Crippen molar-refractivity contribution in [3.8, 4) is 16.9 Å². The summed E-state index contributed by atoms with van der Waals surface area (Å²) >= 11 is 0. The number of alkyl halides is 3. The molecule has 2 aromatic carbocycles. The number of hydrogen-bond donors (Lipinski definition) is 1. The Labute approximate surface area is 183 Å². The first-order chi connectivity index (χ1) is 15.3. The number of nitrogens with zero attached hydrogens (tertiary/aromatic N) is 2. The van der Waals surface area contributed by atoms with Crippen LogP contribution in [0.3, 0.4) is 0 Å². The Hall–Kier alpha value is -3.13. The molecule has 32 heavy (non-hydrogen) atoms. The Morgan fingerprint density at radius 1 is 1.03 bits per heavy atom. The lowest BCUT2D eigenvalue weighted by atomic mass is 10.0. The minimum absolute atomic E-state index is 0.0117. The van der Waals surface area contributed by atoms with Gasteiger partial charge in [0.2, 0.25) is 0 Å². The number of aromatic nitrogens is 1. The first-order valence-electron chi connectivity index (χ1n) is 10.2. The lowest BCUT2D eigenvalue weighted by Crippen LogP contribution is -2.15. The standard InChI is InChI=1S/C24H22F4N3O/c25-21-5-3-4-20(24(26,27)28)19(21)15-32-22-12-18(13-30-23(22)29)17-8-6-16(7-9-17)14-31-10-1-2-11-31/h3-9,12-14H,1-2,10-11,15H2,(H2,29,30). The predicted molar refractivity (Wildman–Crippen MR) is 114 cm³/mol. The second-order valence-electron chi connectivity index (χ2n) is 7.65. The number of hydrogen-bond acceptors (Lipinski definition) is 4. The van der Waals surface area contributed by atoms with Gasteiger partial charge in [0.15, 0.2) is 11.6 Å². The molecule has 0 spiro atoms. The van der Waals surface area contributed by atoms with Crippen molar-refractivity contribution >= 4 is 5.82 Å². The van der Waals surface area contributed by atoms with E-state index in [4.69, 9.17) is 10.5 Å². The number of pyridine rings is 1. The third-order valence-electron chi connectivity index (χ3n) is 5.39. The van der Waals surface area contributed by atoms with Gasteiger partial charge in [-0.25, -0.2) is 9.37 Å². The highest BCUT2D eigenvalue weighted by atomic mass is 19.4. The molecule has 0 atom stereocenters. The van der Waals surface area contributed by atoms with Gasteiger partial charge in [-0.1, -0.05) is 30.3 Å². The molecular weight excluding hydrogens is 422 g/mol. The summed E-state index contributed by atoms with van der Waals surface area (Å²) in [5.74, 6) is -0.892. The van der Waals surface area contributed by atoms with Crippen LogP contribution < -0.4 is 10.5 Å². The van der Waals surface area contributed by atoms with E-state index in [0.29, 0.717) is 5.56 Å². The highest BCUT2D eigenvalue weighted by molar-refractivity contribution is 5.67. The van der Waals surface area contributed by atoms with E-state index < -0.39 is 29.7 Å². The van der Waals surface area contributed by atoms with E-state index in [1.807, 2.05) is 24.3 Å². The van der Waals surface area contributed by atoms with Crippen LogP contribution >= 0.6 is 0 Å². The largest absolute Gasteiger partial charge is 0.485 e. The topological polar surface area (TPSA) is 51.4 Å². The van der Waals surface area contributed by atoms with Crippen LogP contribution in [0.5, 0.6) is 5.75 Å². The zero-order valence-corrected chi connectivity index (χ0v) is 17.2. The van der Waals surface area contributed by atoms with Crippen LogP contribution in [-0.2, 0) is 12.8 Å². The Kier molecular flexibility index (Phi) is 6.32. The Balaban J connectivity index is 1.51. The minimum atomic E-state index is -4.69. The number of halogens is 4. The molecule has 0 aliphatic carbocycles. The van der Waals surface area contributed by atoms with Crippen LogP contribution in [0.25, 0.3) is 11.1 Å². The van der Waals surface area contributed by atoms with Crippen molar-refractivity contribution in [3.63, 3.8) is 0 Å². The molecule has 1 radical (unpaired) electrons. The second-order valence-corrected chi connectivity index (χ2v) is 7.65. The number of anilines is 1. The minimum Gasteiger partial charge on any atom is -0.485 e. The molecule has 4 rings (SSSR count). The second kappa shape index (κ2) is 9.16. The lowest BCUT2D eigenvalue weighted by Gasteiger charge is -2.16. The van der Waals surface area contributed by atoms with E-state index in [-0.39, 0.29) is 11.6 Å². The molecule has 2 N–H and O–H groups in total. The summed E-state index contributed by atoms with van der Waals surface area (Å²) in [4.78, 5) is 6.37. The average Bonchev–Trinajstić information content (AvgIpc) is 3.27. The van der Waals surface area contributed by atoms with Crippen molar-refractivity contribution in [2.45, 2.75) is 25.6 Å². The van der Waals surface area contributed by atoms with Crippen molar-refractivity contribution in [3.05, 3.63) is 83.8 Å². The fraction of sp³-hybridized carbons (Fsp3) is 0.250. The van der Waals surface area contributed by atoms with Gasteiger partial charge in [-0.15, -0.1) is 0 Å². The van der Waals surface area contributed by atoms with Crippen LogP contribution in [0.2, 0.25) is 0 Å². The van der Waals surface area contributed by atoms with Crippen LogP contribution in [0.15, 0.2) is 54.7 Å². The molecule has 1 aliphatic heterocycles. The third-order valence-corrected chi connectivity index (χ3v) is 5.39. The van der Waals surface area contributed by atoms with E-state index in [9.17, 15) is 17.6 Å². The number of nitrogens with two attached hydrogens (primary N) is 1. The van der Waals surface area contributed by atoms with Gasteiger partial charge in [-0.05, 0) is 55.3 Å². The van der Waals surface area contributed by atoms with Gasteiger partial charge < -0.3 is 10.5 Å². The Morgan fingerprint density at radius 3 is 2.44 bits per heavy atom. The molecule has 0 amide bonds. The number of likely N-dealkylation sites (tertiary alicyclic amines) is 1. The molecule has 0 saturated carbocycles. The molecule has 1 aromatic heterocycles. The summed E-state index contributed by atoms with van der Waals surface area (Å²) in [5.41, 5.74) is 6.81. The Bertz CT molecular complexity index is 1080. The highest BCUT2D eigenvalue weighted by Gasteiger charge is 2.34. The molecule has 2 heterocycles. The predicted octanol–water partition coefficient (Wildman–Crippen LogP) is 5.67. The summed E-state index contributed by atoms with van der Waals surface area (Å²) in [6.45, 7) is 3.62. The first-order valence-corrected chi connectivity index (χ1v) is 10.2. The number of nitrogen functional groups attached to an aromatic ring is 1. The number of rotatable bonds is 6.